The Balaban J connectivity index is 0.00000180. The van der Waals surface area contributed by atoms with Crippen molar-refractivity contribution in [2.75, 3.05) is 25.7 Å². The maximum atomic E-state index is 6.00. The van der Waals surface area contributed by atoms with E-state index in [1.54, 1.807) is 26.4 Å². The second-order valence-electron chi connectivity index (χ2n) is 3.91. The first-order valence-corrected chi connectivity index (χ1v) is 5.53. The van der Waals surface area contributed by atoms with Crippen LogP contribution in [0.4, 0.5) is 11.4 Å². The molecule has 4 nitrogen and oxygen atoms in total. The summed E-state index contributed by atoms with van der Waals surface area (Å²) in [5.41, 5.74) is 15.0. The van der Waals surface area contributed by atoms with E-state index >= 15 is 0 Å². The Morgan fingerprint density at radius 1 is 0.737 bits per heavy atom. The van der Waals surface area contributed by atoms with Gasteiger partial charge in [0.05, 0.1) is 14.2 Å². The number of halogens is 1. The number of nitrogens with two attached hydrogens (primary N) is 2. The summed E-state index contributed by atoms with van der Waals surface area (Å²) in [4.78, 5) is 0. The molecule has 2 rings (SSSR count). The highest BCUT2D eigenvalue weighted by molar-refractivity contribution is 5.85. The fourth-order valence-corrected chi connectivity index (χ4v) is 1.83. The Labute approximate surface area is 118 Å². The van der Waals surface area contributed by atoms with E-state index in [1.807, 2.05) is 24.3 Å². The van der Waals surface area contributed by atoms with Crippen molar-refractivity contribution in [2.24, 2.45) is 0 Å². The summed E-state index contributed by atoms with van der Waals surface area (Å²) in [6.45, 7) is 0. The van der Waals surface area contributed by atoms with E-state index in [0.29, 0.717) is 11.4 Å². The number of rotatable bonds is 3. The number of nitrogen functional groups attached to an aromatic ring is 2. The molecule has 0 saturated heterocycles. The number of benzene rings is 2. The molecule has 19 heavy (non-hydrogen) atoms. The largest absolute Gasteiger partial charge is 0.497 e. The summed E-state index contributed by atoms with van der Waals surface area (Å²) in [7, 11) is 3.21. The van der Waals surface area contributed by atoms with Gasteiger partial charge in [-0.2, -0.15) is 0 Å². The Morgan fingerprint density at radius 3 is 1.37 bits per heavy atom. The van der Waals surface area contributed by atoms with Gasteiger partial charge < -0.3 is 20.9 Å². The molecule has 0 aliphatic heterocycles. The van der Waals surface area contributed by atoms with Crippen molar-refractivity contribution in [1.29, 1.82) is 0 Å². The summed E-state index contributed by atoms with van der Waals surface area (Å²) in [6.07, 6.45) is 0. The third kappa shape index (κ3) is 3.03. The minimum atomic E-state index is 0. The minimum absolute atomic E-state index is 0. The number of hydrogen-bond donors (Lipinski definition) is 2. The van der Waals surface area contributed by atoms with Gasteiger partial charge in [-0.05, 0) is 24.3 Å². The molecule has 0 heterocycles. The van der Waals surface area contributed by atoms with Gasteiger partial charge in [0.1, 0.15) is 11.5 Å². The molecule has 2 aromatic carbocycles. The van der Waals surface area contributed by atoms with Gasteiger partial charge in [-0.3, -0.25) is 0 Å². The zero-order chi connectivity index (χ0) is 13.1. The van der Waals surface area contributed by atoms with Crippen LogP contribution in [0.15, 0.2) is 36.4 Å². The summed E-state index contributed by atoms with van der Waals surface area (Å²) >= 11 is 0. The van der Waals surface area contributed by atoms with E-state index in [9.17, 15) is 0 Å². The van der Waals surface area contributed by atoms with Crippen molar-refractivity contribution in [3.8, 4) is 22.6 Å². The third-order valence-corrected chi connectivity index (χ3v) is 2.81. The van der Waals surface area contributed by atoms with Gasteiger partial charge in [-0.25, -0.2) is 0 Å². The average molecular weight is 281 g/mol. The molecular weight excluding hydrogens is 264 g/mol. The molecule has 0 aliphatic rings. The van der Waals surface area contributed by atoms with Crippen LogP contribution in [-0.2, 0) is 0 Å². The van der Waals surface area contributed by atoms with E-state index in [4.69, 9.17) is 20.9 Å². The Bertz CT molecular complexity index is 522. The summed E-state index contributed by atoms with van der Waals surface area (Å²) in [6, 6.07) is 11.1. The zero-order valence-corrected chi connectivity index (χ0v) is 11.7. The molecular formula is C14H17ClN2O2. The topological polar surface area (TPSA) is 70.5 Å². The van der Waals surface area contributed by atoms with Gasteiger partial charge in [-0.1, -0.05) is 0 Å². The SMILES string of the molecule is COc1ccc(-c2ccc(OC)cc2N)c(N)c1.Cl. The highest BCUT2D eigenvalue weighted by Crippen LogP contribution is 2.34. The quantitative estimate of drug-likeness (QED) is 0.848. The molecule has 2 aromatic rings. The molecule has 0 unspecified atom stereocenters. The van der Waals surface area contributed by atoms with Gasteiger partial charge in [0.25, 0.3) is 0 Å². The predicted octanol–water partition coefficient (Wildman–Crippen LogP) is 2.96. The van der Waals surface area contributed by atoms with Gasteiger partial charge in [0.15, 0.2) is 0 Å². The van der Waals surface area contributed by atoms with E-state index < -0.39 is 0 Å². The van der Waals surface area contributed by atoms with Crippen LogP contribution in [0.5, 0.6) is 11.5 Å². The van der Waals surface area contributed by atoms with Crippen molar-refractivity contribution in [3.05, 3.63) is 36.4 Å². The predicted molar refractivity (Wildman–Crippen MR) is 81.1 cm³/mol. The lowest BCUT2D eigenvalue weighted by Crippen LogP contribution is -1.96. The Morgan fingerprint density at radius 2 is 1.11 bits per heavy atom. The lowest BCUT2D eigenvalue weighted by Gasteiger charge is -2.11. The van der Waals surface area contributed by atoms with Crippen LogP contribution in [0.3, 0.4) is 0 Å². The standard InChI is InChI=1S/C14H16N2O2.ClH/c1-17-9-3-5-11(13(15)7-9)12-6-4-10(18-2)8-14(12)16;/h3-8H,15-16H2,1-2H3;1H. The highest BCUT2D eigenvalue weighted by Gasteiger charge is 2.08. The van der Waals surface area contributed by atoms with Crippen molar-refractivity contribution in [1.82, 2.24) is 0 Å². The van der Waals surface area contributed by atoms with E-state index in [0.717, 1.165) is 22.6 Å². The summed E-state index contributed by atoms with van der Waals surface area (Å²) in [5, 5.41) is 0. The first-order valence-electron chi connectivity index (χ1n) is 5.53. The Kier molecular flexibility index (Phi) is 4.89. The molecule has 0 aromatic heterocycles. The fraction of sp³-hybridized carbons (Fsp3) is 0.143. The van der Waals surface area contributed by atoms with Gasteiger partial charge in [0, 0.05) is 34.6 Å². The maximum Gasteiger partial charge on any atom is 0.120 e. The molecule has 0 aliphatic carbocycles. The van der Waals surface area contributed by atoms with E-state index in [-0.39, 0.29) is 12.4 Å². The molecule has 0 fully saturated rings. The van der Waals surface area contributed by atoms with Crippen molar-refractivity contribution < 1.29 is 9.47 Å². The molecule has 0 radical (unpaired) electrons. The van der Waals surface area contributed by atoms with Crippen LogP contribution in [0.25, 0.3) is 11.1 Å². The molecule has 0 amide bonds. The van der Waals surface area contributed by atoms with Crippen molar-refractivity contribution in [2.45, 2.75) is 0 Å². The lowest BCUT2D eigenvalue weighted by atomic mass is 10.0. The molecule has 0 bridgehead atoms. The molecule has 4 N–H and O–H groups in total. The second-order valence-corrected chi connectivity index (χ2v) is 3.91. The average Bonchev–Trinajstić information content (AvgIpc) is 2.39. The molecule has 5 heteroatoms. The normalized spacial score (nSPS) is 9.58. The number of hydrogen-bond acceptors (Lipinski definition) is 4. The van der Waals surface area contributed by atoms with Crippen molar-refractivity contribution in [3.63, 3.8) is 0 Å². The molecule has 0 saturated carbocycles. The van der Waals surface area contributed by atoms with Crippen LogP contribution in [0.2, 0.25) is 0 Å². The van der Waals surface area contributed by atoms with Crippen LogP contribution < -0.4 is 20.9 Å². The molecule has 0 spiro atoms. The van der Waals surface area contributed by atoms with Crippen LogP contribution >= 0.6 is 12.4 Å². The smallest absolute Gasteiger partial charge is 0.120 e. The van der Waals surface area contributed by atoms with Crippen molar-refractivity contribution >= 4 is 23.8 Å². The van der Waals surface area contributed by atoms with Crippen LogP contribution in [0.1, 0.15) is 0 Å². The zero-order valence-electron chi connectivity index (χ0n) is 10.8. The van der Waals surface area contributed by atoms with E-state index in [2.05, 4.69) is 0 Å². The minimum Gasteiger partial charge on any atom is -0.497 e. The van der Waals surface area contributed by atoms with E-state index in [1.165, 1.54) is 0 Å². The van der Waals surface area contributed by atoms with Gasteiger partial charge in [-0.15, -0.1) is 12.4 Å². The third-order valence-electron chi connectivity index (χ3n) is 2.81. The number of ether oxygens (including phenoxy) is 2. The molecule has 102 valence electrons. The number of methoxy groups -OCH3 is 2. The van der Waals surface area contributed by atoms with Gasteiger partial charge >= 0.3 is 0 Å². The van der Waals surface area contributed by atoms with Crippen LogP contribution in [0, 0.1) is 0 Å². The lowest BCUT2D eigenvalue weighted by molar-refractivity contribution is 0.415. The van der Waals surface area contributed by atoms with Crippen LogP contribution in [-0.4, -0.2) is 14.2 Å². The maximum absolute atomic E-state index is 6.00. The molecule has 0 atom stereocenters. The summed E-state index contributed by atoms with van der Waals surface area (Å²) in [5.74, 6) is 1.45. The first kappa shape index (κ1) is 15.0. The van der Waals surface area contributed by atoms with Gasteiger partial charge in [0.2, 0.25) is 0 Å². The number of anilines is 2. The monoisotopic (exact) mass is 280 g/mol. The Hall–Kier alpha value is -2.07. The fourth-order valence-electron chi connectivity index (χ4n) is 1.83. The second kappa shape index (κ2) is 6.20. The highest BCUT2D eigenvalue weighted by atomic mass is 35.5. The first-order chi connectivity index (χ1) is 8.65. The summed E-state index contributed by atoms with van der Waals surface area (Å²) < 4.78 is 10.2.